The van der Waals surface area contributed by atoms with Crippen molar-refractivity contribution >= 4 is 23.5 Å². The number of halogens is 1. The molecular weight excluding hydrogens is 364 g/mol. The van der Waals surface area contributed by atoms with Crippen molar-refractivity contribution in [1.82, 2.24) is 14.8 Å². The first-order valence-electron chi connectivity index (χ1n) is 8.48. The first kappa shape index (κ1) is 17.3. The minimum atomic E-state index is -0.513. The Balaban J connectivity index is 1.70. The molecule has 1 aliphatic rings. The molecule has 0 amide bonds. The molecule has 0 fully saturated rings. The molecule has 7 heteroatoms. The molecule has 0 radical (unpaired) electrons. The number of anilines is 1. The van der Waals surface area contributed by atoms with Crippen LogP contribution in [0.2, 0.25) is 5.02 Å². The van der Waals surface area contributed by atoms with Gasteiger partial charge in [0.05, 0.1) is 5.57 Å². The Bertz CT molecular complexity index is 1010. The second kappa shape index (κ2) is 7.25. The van der Waals surface area contributed by atoms with E-state index < -0.39 is 12.0 Å². The van der Waals surface area contributed by atoms with Gasteiger partial charge in [-0.05, 0) is 18.6 Å². The standard InChI is InChI=1S/C20H17ClN4O2/c1-13-17(19(26)27-11-14-7-3-2-4-8-14)18(15-9-5-6-10-16(15)21)25-20(24-13)22-12-23-25/h2-10,12,18H,11H2,1H3,(H,22,23,24)/t18-/m1/s1. The van der Waals surface area contributed by atoms with Crippen LogP contribution in [0.1, 0.15) is 24.1 Å². The van der Waals surface area contributed by atoms with E-state index in [1.165, 1.54) is 6.33 Å². The average Bonchev–Trinajstić information content (AvgIpc) is 3.14. The summed E-state index contributed by atoms with van der Waals surface area (Å²) in [6, 6.07) is 16.4. The maximum atomic E-state index is 13.0. The molecule has 2 heterocycles. The molecule has 0 spiro atoms. The van der Waals surface area contributed by atoms with Crippen LogP contribution in [-0.2, 0) is 16.1 Å². The summed E-state index contributed by atoms with van der Waals surface area (Å²) in [5.41, 5.74) is 2.80. The third-order valence-electron chi connectivity index (χ3n) is 4.43. The van der Waals surface area contributed by atoms with E-state index >= 15 is 0 Å². The highest BCUT2D eigenvalue weighted by atomic mass is 35.5. The molecule has 136 valence electrons. The number of allylic oxidation sites excluding steroid dienone is 1. The van der Waals surface area contributed by atoms with Crippen molar-refractivity contribution < 1.29 is 9.53 Å². The normalized spacial score (nSPS) is 15.9. The van der Waals surface area contributed by atoms with Gasteiger partial charge in [-0.3, -0.25) is 0 Å². The van der Waals surface area contributed by atoms with E-state index in [9.17, 15) is 4.79 Å². The fourth-order valence-electron chi connectivity index (χ4n) is 3.14. The molecule has 27 heavy (non-hydrogen) atoms. The lowest BCUT2D eigenvalue weighted by molar-refractivity contribution is -0.140. The largest absolute Gasteiger partial charge is 0.457 e. The second-order valence-corrected chi connectivity index (χ2v) is 6.58. The summed E-state index contributed by atoms with van der Waals surface area (Å²) in [5.74, 6) is 0.131. The number of ether oxygens (including phenoxy) is 1. The van der Waals surface area contributed by atoms with Gasteiger partial charge in [-0.1, -0.05) is 60.1 Å². The number of esters is 1. The smallest absolute Gasteiger partial charge is 0.338 e. The number of rotatable bonds is 4. The number of hydrogen-bond donors (Lipinski definition) is 1. The highest BCUT2D eigenvalue weighted by Gasteiger charge is 2.35. The quantitative estimate of drug-likeness (QED) is 0.694. The Labute approximate surface area is 161 Å². The summed E-state index contributed by atoms with van der Waals surface area (Å²) in [7, 11) is 0. The fourth-order valence-corrected chi connectivity index (χ4v) is 3.38. The van der Waals surface area contributed by atoms with Crippen molar-refractivity contribution in [2.24, 2.45) is 0 Å². The molecule has 6 nitrogen and oxygen atoms in total. The Hall–Kier alpha value is -3.12. The Morgan fingerprint density at radius 1 is 1.19 bits per heavy atom. The monoisotopic (exact) mass is 380 g/mol. The van der Waals surface area contributed by atoms with Gasteiger partial charge in [0, 0.05) is 16.3 Å². The van der Waals surface area contributed by atoms with E-state index in [-0.39, 0.29) is 6.61 Å². The molecule has 1 aliphatic heterocycles. The summed E-state index contributed by atoms with van der Waals surface area (Å²) in [6.07, 6.45) is 1.44. The van der Waals surface area contributed by atoms with Gasteiger partial charge in [0.25, 0.3) is 0 Å². The van der Waals surface area contributed by atoms with Gasteiger partial charge in [-0.2, -0.15) is 10.1 Å². The van der Waals surface area contributed by atoms with Crippen LogP contribution in [0, 0.1) is 0 Å². The maximum absolute atomic E-state index is 13.0. The third kappa shape index (κ3) is 3.31. The van der Waals surface area contributed by atoms with E-state index in [2.05, 4.69) is 15.4 Å². The van der Waals surface area contributed by atoms with Gasteiger partial charge >= 0.3 is 5.97 Å². The van der Waals surface area contributed by atoms with Crippen LogP contribution in [0.3, 0.4) is 0 Å². The summed E-state index contributed by atoms with van der Waals surface area (Å²) in [5, 5.41) is 7.94. The number of nitrogens with zero attached hydrogens (tertiary/aromatic N) is 3. The molecule has 0 bridgehead atoms. The number of carbonyl (C=O) groups is 1. The van der Waals surface area contributed by atoms with Gasteiger partial charge in [-0.25, -0.2) is 9.48 Å². The first-order chi connectivity index (χ1) is 13.1. The van der Waals surface area contributed by atoms with Crippen LogP contribution in [0.15, 0.2) is 72.2 Å². The zero-order valence-electron chi connectivity index (χ0n) is 14.6. The summed E-state index contributed by atoms with van der Waals surface area (Å²) in [4.78, 5) is 17.2. The van der Waals surface area contributed by atoms with Crippen molar-refractivity contribution in [1.29, 1.82) is 0 Å². The van der Waals surface area contributed by atoms with E-state index in [1.807, 2.05) is 55.5 Å². The summed E-state index contributed by atoms with van der Waals surface area (Å²) >= 11 is 6.43. The third-order valence-corrected chi connectivity index (χ3v) is 4.77. The number of hydrogen-bond acceptors (Lipinski definition) is 5. The maximum Gasteiger partial charge on any atom is 0.338 e. The van der Waals surface area contributed by atoms with Crippen molar-refractivity contribution in [3.63, 3.8) is 0 Å². The first-order valence-corrected chi connectivity index (χ1v) is 8.85. The van der Waals surface area contributed by atoms with Gasteiger partial charge in [0.2, 0.25) is 5.95 Å². The zero-order valence-corrected chi connectivity index (χ0v) is 15.3. The molecule has 1 N–H and O–H groups in total. The predicted octanol–water partition coefficient (Wildman–Crippen LogP) is 3.96. The van der Waals surface area contributed by atoms with Crippen LogP contribution in [0.5, 0.6) is 0 Å². The molecule has 0 unspecified atom stereocenters. The number of fused-ring (bicyclic) bond motifs is 1. The van der Waals surface area contributed by atoms with E-state index in [1.54, 1.807) is 10.7 Å². The van der Waals surface area contributed by atoms with Crippen LogP contribution >= 0.6 is 11.6 Å². The molecular formula is C20H17ClN4O2. The van der Waals surface area contributed by atoms with Gasteiger partial charge in [0.1, 0.15) is 19.0 Å². The fraction of sp³-hybridized carbons (Fsp3) is 0.150. The Morgan fingerprint density at radius 2 is 1.93 bits per heavy atom. The summed E-state index contributed by atoms with van der Waals surface area (Å²) < 4.78 is 7.23. The topological polar surface area (TPSA) is 69.0 Å². The molecule has 2 aromatic carbocycles. The zero-order chi connectivity index (χ0) is 18.8. The number of carbonyl (C=O) groups excluding carboxylic acids is 1. The lowest BCUT2D eigenvalue weighted by atomic mass is 9.96. The van der Waals surface area contributed by atoms with Crippen molar-refractivity contribution in [3.05, 3.63) is 88.3 Å². The van der Waals surface area contributed by atoms with Gasteiger partial charge < -0.3 is 10.1 Å². The minimum absolute atomic E-state index is 0.190. The lowest BCUT2D eigenvalue weighted by Crippen LogP contribution is -2.29. The Kier molecular flexibility index (Phi) is 4.64. The summed E-state index contributed by atoms with van der Waals surface area (Å²) in [6.45, 7) is 2.01. The molecule has 1 aromatic heterocycles. The minimum Gasteiger partial charge on any atom is -0.457 e. The van der Waals surface area contributed by atoms with Gasteiger partial charge in [-0.15, -0.1) is 0 Å². The molecule has 4 rings (SSSR count). The Morgan fingerprint density at radius 3 is 2.70 bits per heavy atom. The molecule has 0 saturated heterocycles. The molecule has 1 atom stereocenters. The van der Waals surface area contributed by atoms with Crippen molar-refractivity contribution in [2.75, 3.05) is 5.32 Å². The van der Waals surface area contributed by atoms with E-state index in [4.69, 9.17) is 16.3 Å². The van der Waals surface area contributed by atoms with Crippen LogP contribution in [0.25, 0.3) is 0 Å². The van der Waals surface area contributed by atoms with Crippen LogP contribution in [0.4, 0.5) is 5.95 Å². The SMILES string of the molecule is CC1=C(C(=O)OCc2ccccc2)[C@@H](c2ccccc2Cl)n2ncnc2N1. The predicted molar refractivity (Wildman–Crippen MR) is 102 cm³/mol. The molecule has 3 aromatic rings. The highest BCUT2D eigenvalue weighted by Crippen LogP contribution is 2.38. The van der Waals surface area contributed by atoms with Gasteiger partial charge in [0.15, 0.2) is 0 Å². The number of aromatic nitrogens is 3. The van der Waals surface area contributed by atoms with E-state index in [0.717, 1.165) is 11.1 Å². The number of benzene rings is 2. The molecule has 0 saturated carbocycles. The number of nitrogens with one attached hydrogen (secondary N) is 1. The highest BCUT2D eigenvalue weighted by molar-refractivity contribution is 6.31. The van der Waals surface area contributed by atoms with Crippen molar-refractivity contribution in [2.45, 2.75) is 19.6 Å². The van der Waals surface area contributed by atoms with Crippen molar-refractivity contribution in [3.8, 4) is 0 Å². The lowest BCUT2D eigenvalue weighted by Gasteiger charge is -2.28. The van der Waals surface area contributed by atoms with Crippen LogP contribution in [-0.4, -0.2) is 20.7 Å². The molecule has 0 aliphatic carbocycles. The second-order valence-electron chi connectivity index (χ2n) is 6.18. The average molecular weight is 381 g/mol. The van der Waals surface area contributed by atoms with Crippen LogP contribution < -0.4 is 5.32 Å². The van der Waals surface area contributed by atoms with E-state index in [0.29, 0.717) is 22.2 Å².